The predicted octanol–water partition coefficient (Wildman–Crippen LogP) is 2.63. The Balaban J connectivity index is 2.30. The van der Waals surface area contributed by atoms with Crippen molar-refractivity contribution in [2.24, 2.45) is 0 Å². The van der Waals surface area contributed by atoms with E-state index < -0.39 is 11.2 Å². The van der Waals surface area contributed by atoms with E-state index in [1.807, 2.05) is 24.3 Å². The summed E-state index contributed by atoms with van der Waals surface area (Å²) in [4.78, 5) is 31.5. The maximum atomic E-state index is 12.7. The molecule has 7 heteroatoms. The van der Waals surface area contributed by atoms with Crippen LogP contribution in [0.3, 0.4) is 0 Å². The van der Waals surface area contributed by atoms with Gasteiger partial charge in [0, 0.05) is 17.4 Å². The fourth-order valence-electron chi connectivity index (χ4n) is 2.36. The minimum absolute atomic E-state index is 0.230. The summed E-state index contributed by atoms with van der Waals surface area (Å²) in [5.41, 5.74) is 1.57. The van der Waals surface area contributed by atoms with Crippen LogP contribution in [0.4, 0.5) is 0 Å². The van der Waals surface area contributed by atoms with E-state index in [4.69, 9.17) is 5.11 Å². The van der Waals surface area contributed by atoms with E-state index in [9.17, 15) is 9.59 Å². The van der Waals surface area contributed by atoms with E-state index in [0.29, 0.717) is 16.2 Å². The minimum atomic E-state index is -0.951. The molecule has 6 nitrogen and oxygen atoms in total. The second-order valence-corrected chi connectivity index (χ2v) is 6.40. The highest BCUT2D eigenvalue weighted by atomic mass is 32.2. The van der Waals surface area contributed by atoms with Gasteiger partial charge in [0.2, 0.25) is 0 Å². The lowest BCUT2D eigenvalue weighted by molar-refractivity contribution is -0.136. The molecule has 118 valence electrons. The maximum Gasteiger partial charge on any atom is 0.316 e. The third-order valence-electron chi connectivity index (χ3n) is 3.52. The van der Waals surface area contributed by atoms with Crippen molar-refractivity contribution in [2.45, 2.75) is 23.9 Å². The first-order valence-electron chi connectivity index (χ1n) is 7.04. The largest absolute Gasteiger partial charge is 0.480 e. The summed E-state index contributed by atoms with van der Waals surface area (Å²) >= 11 is 1.05. The number of carbonyl (C=O) groups is 1. The van der Waals surface area contributed by atoms with Gasteiger partial charge < -0.3 is 10.1 Å². The molecule has 2 heterocycles. The molecule has 2 aromatic heterocycles. The Hall–Kier alpha value is -2.54. The van der Waals surface area contributed by atoms with Crippen LogP contribution in [0, 0.1) is 0 Å². The molecule has 0 saturated carbocycles. The van der Waals surface area contributed by atoms with Crippen LogP contribution in [0.2, 0.25) is 0 Å². The Labute approximate surface area is 135 Å². The minimum Gasteiger partial charge on any atom is -0.480 e. The first-order valence-corrected chi connectivity index (χ1v) is 7.92. The first kappa shape index (κ1) is 15.4. The number of carboxylic acids is 1. The van der Waals surface area contributed by atoms with E-state index >= 15 is 0 Å². The van der Waals surface area contributed by atoms with Crippen LogP contribution in [0.5, 0.6) is 0 Å². The second-order valence-electron chi connectivity index (χ2n) is 5.09. The first-order chi connectivity index (χ1) is 11.0. The number of aromatic nitrogens is 3. The monoisotopic (exact) mass is 329 g/mol. The number of aliphatic carboxylic acids is 1. The number of rotatable bonds is 5. The number of hydrogen-bond donors (Lipinski definition) is 2. The maximum absolute atomic E-state index is 12.7. The van der Waals surface area contributed by atoms with E-state index in [1.54, 1.807) is 13.0 Å². The molecule has 0 unspecified atom stereocenters. The summed E-state index contributed by atoms with van der Waals surface area (Å²) in [5, 5.41) is 9.63. The topological polar surface area (TPSA) is 88.0 Å². The van der Waals surface area contributed by atoms with Crippen LogP contribution in [-0.4, -0.2) is 30.9 Å². The molecular weight excluding hydrogens is 314 g/mol. The summed E-state index contributed by atoms with van der Waals surface area (Å²) in [6.45, 7) is 5.49. The molecule has 0 amide bonds. The number of nitrogens with zero attached hydrogens (tertiary/aromatic N) is 2. The van der Waals surface area contributed by atoms with Gasteiger partial charge in [0.1, 0.15) is 16.3 Å². The molecule has 23 heavy (non-hydrogen) atoms. The van der Waals surface area contributed by atoms with Gasteiger partial charge in [0.05, 0.1) is 0 Å². The number of aromatic amines is 1. The smallest absolute Gasteiger partial charge is 0.316 e. The molecule has 3 aromatic rings. The molecule has 0 radical (unpaired) electrons. The summed E-state index contributed by atoms with van der Waals surface area (Å²) in [6.07, 6.45) is 1.59. The molecule has 0 fully saturated rings. The summed E-state index contributed by atoms with van der Waals surface area (Å²) in [7, 11) is 0. The van der Waals surface area contributed by atoms with Crippen molar-refractivity contribution >= 4 is 39.7 Å². The summed E-state index contributed by atoms with van der Waals surface area (Å²) in [6, 6.07) is 7.51. The third-order valence-corrected chi connectivity index (χ3v) is 4.60. The number of H-pyrrole nitrogens is 1. The van der Waals surface area contributed by atoms with Gasteiger partial charge >= 0.3 is 5.97 Å². The number of allylic oxidation sites excluding steroid dienone is 1. The molecule has 0 bridgehead atoms. The number of para-hydroxylation sites is 1. The molecule has 0 saturated heterocycles. The molecule has 1 atom stereocenters. The Bertz CT molecular complexity index is 974. The fraction of sp³-hybridized carbons (Fsp3) is 0.188. The van der Waals surface area contributed by atoms with Crippen LogP contribution in [0.1, 0.15) is 6.92 Å². The zero-order valence-corrected chi connectivity index (χ0v) is 13.3. The Morgan fingerprint density at radius 2 is 2.26 bits per heavy atom. The number of thioether (sulfide) groups is 1. The fourth-order valence-corrected chi connectivity index (χ4v) is 3.21. The van der Waals surface area contributed by atoms with Crippen LogP contribution >= 0.6 is 11.8 Å². The van der Waals surface area contributed by atoms with Crippen molar-refractivity contribution in [2.75, 3.05) is 0 Å². The highest BCUT2D eigenvalue weighted by Gasteiger charge is 2.20. The van der Waals surface area contributed by atoms with Gasteiger partial charge in [-0.15, -0.1) is 6.58 Å². The zero-order valence-electron chi connectivity index (χ0n) is 12.4. The van der Waals surface area contributed by atoms with Crippen molar-refractivity contribution in [3.63, 3.8) is 0 Å². The van der Waals surface area contributed by atoms with Gasteiger partial charge in [0.15, 0.2) is 5.16 Å². The number of fused-ring (bicyclic) bond motifs is 3. The second kappa shape index (κ2) is 5.92. The lowest BCUT2D eigenvalue weighted by atomic mass is 10.2. The highest BCUT2D eigenvalue weighted by molar-refractivity contribution is 8.00. The van der Waals surface area contributed by atoms with Crippen molar-refractivity contribution < 1.29 is 9.90 Å². The van der Waals surface area contributed by atoms with Gasteiger partial charge in [-0.1, -0.05) is 36.0 Å². The van der Waals surface area contributed by atoms with Crippen LogP contribution in [-0.2, 0) is 11.3 Å². The quantitative estimate of drug-likeness (QED) is 0.427. The number of benzene rings is 1. The summed E-state index contributed by atoms with van der Waals surface area (Å²) in [5.74, 6) is -0.951. The normalized spacial score (nSPS) is 12.6. The SMILES string of the molecule is C=CCn1c(S[C@H](C)C(=O)O)nc2c([nH]c3ccccc32)c1=O. The van der Waals surface area contributed by atoms with Gasteiger partial charge in [0.25, 0.3) is 5.56 Å². The van der Waals surface area contributed by atoms with Gasteiger partial charge in [-0.2, -0.15) is 0 Å². The number of nitrogens with one attached hydrogen (secondary N) is 1. The van der Waals surface area contributed by atoms with Gasteiger partial charge in [-0.25, -0.2) is 4.98 Å². The Kier molecular flexibility index (Phi) is 3.96. The van der Waals surface area contributed by atoms with Gasteiger partial charge in [-0.3, -0.25) is 14.2 Å². The molecule has 0 aliphatic carbocycles. The molecule has 3 rings (SSSR count). The average Bonchev–Trinajstić information content (AvgIpc) is 2.90. The van der Waals surface area contributed by atoms with Gasteiger partial charge in [-0.05, 0) is 13.0 Å². The molecule has 0 aliphatic rings. The Morgan fingerprint density at radius 3 is 2.96 bits per heavy atom. The molecular formula is C16H15N3O3S. The lowest BCUT2D eigenvalue weighted by Gasteiger charge is -2.12. The molecule has 2 N–H and O–H groups in total. The number of carboxylic acid groups (broad SMARTS) is 1. The van der Waals surface area contributed by atoms with E-state index in [-0.39, 0.29) is 12.1 Å². The molecule has 0 spiro atoms. The van der Waals surface area contributed by atoms with Crippen LogP contribution < -0.4 is 5.56 Å². The van der Waals surface area contributed by atoms with Crippen molar-refractivity contribution in [1.29, 1.82) is 0 Å². The van der Waals surface area contributed by atoms with Crippen molar-refractivity contribution in [3.05, 3.63) is 47.3 Å². The predicted molar refractivity (Wildman–Crippen MR) is 91.0 cm³/mol. The summed E-state index contributed by atoms with van der Waals surface area (Å²) < 4.78 is 1.44. The molecule has 0 aliphatic heterocycles. The van der Waals surface area contributed by atoms with Crippen LogP contribution in [0.25, 0.3) is 21.9 Å². The van der Waals surface area contributed by atoms with Crippen molar-refractivity contribution in [3.8, 4) is 0 Å². The standard InChI is InChI=1S/C16H15N3O3S/c1-3-8-19-14(20)13-12(10-6-4-5-7-11(10)17-13)18-16(19)23-9(2)15(21)22/h3-7,9,17H,1,8H2,2H3,(H,21,22)/t9-/m1/s1. The Morgan fingerprint density at radius 1 is 1.52 bits per heavy atom. The zero-order chi connectivity index (χ0) is 16.6. The lowest BCUT2D eigenvalue weighted by Crippen LogP contribution is -2.24. The van der Waals surface area contributed by atoms with E-state index in [1.165, 1.54) is 4.57 Å². The van der Waals surface area contributed by atoms with E-state index in [2.05, 4.69) is 16.5 Å². The van der Waals surface area contributed by atoms with E-state index in [0.717, 1.165) is 22.7 Å². The number of hydrogen-bond acceptors (Lipinski definition) is 4. The van der Waals surface area contributed by atoms with Crippen LogP contribution in [0.15, 0.2) is 46.9 Å². The van der Waals surface area contributed by atoms with Crippen molar-refractivity contribution in [1.82, 2.24) is 14.5 Å². The highest BCUT2D eigenvalue weighted by Crippen LogP contribution is 2.26. The molecule has 1 aromatic carbocycles. The average molecular weight is 329 g/mol. The third kappa shape index (κ3) is 2.63.